The molecule has 0 bridgehead atoms. The molecule has 0 aliphatic carbocycles. The lowest BCUT2D eigenvalue weighted by Gasteiger charge is -2.21. The Hall–Kier alpha value is -1.32. The summed E-state index contributed by atoms with van der Waals surface area (Å²) in [7, 11) is 0. The number of hydrogen-bond donors (Lipinski definition) is 0. The van der Waals surface area contributed by atoms with Gasteiger partial charge in [-0.15, -0.1) is 0 Å². The average Bonchev–Trinajstić information content (AvgIpc) is 2.30. The molecule has 0 atom stereocenters. The maximum absolute atomic E-state index is 11.4. The van der Waals surface area contributed by atoms with Crippen molar-refractivity contribution < 1.29 is 45.0 Å². The van der Waals surface area contributed by atoms with Gasteiger partial charge in [-0.1, -0.05) is 20.4 Å². The summed E-state index contributed by atoms with van der Waals surface area (Å²) < 4.78 is 87.0. The summed E-state index contributed by atoms with van der Waals surface area (Å²) >= 11 is 0. The molecule has 0 aromatic heterocycles. The lowest BCUT2D eigenvalue weighted by atomic mass is 10.2. The van der Waals surface area contributed by atoms with Crippen molar-refractivity contribution >= 4 is 5.97 Å². The standard InChI is InChI=1S/C7H12O2.C4H3F7O/c1-4-7(8)9-5-6(2)3;5-1-12-2(3(6,7)8)4(9,10)11/h4,6H,1,5H2,2-3H3;2H,1H2. The second-order valence-electron chi connectivity index (χ2n) is 3.97. The quantitative estimate of drug-likeness (QED) is 0.437. The number of carbonyl (C=O) groups excluding carboxylic acids is 1. The van der Waals surface area contributed by atoms with Crippen molar-refractivity contribution in [3.05, 3.63) is 12.7 Å². The molecule has 10 heteroatoms. The van der Waals surface area contributed by atoms with E-state index in [1.165, 1.54) is 6.08 Å². The number of hydrogen-bond acceptors (Lipinski definition) is 3. The first-order valence-corrected chi connectivity index (χ1v) is 5.46. The maximum Gasteiger partial charge on any atom is 0.423 e. The normalized spacial score (nSPS) is 12.0. The smallest absolute Gasteiger partial charge is 0.423 e. The van der Waals surface area contributed by atoms with Crippen LogP contribution in [0.1, 0.15) is 13.8 Å². The van der Waals surface area contributed by atoms with E-state index in [-0.39, 0.29) is 5.97 Å². The SMILES string of the molecule is C=CC(=O)OCC(C)C.FCOC(C(F)(F)F)C(F)(F)F. The first-order valence-electron chi connectivity index (χ1n) is 5.46. The highest BCUT2D eigenvalue weighted by Crippen LogP contribution is 2.35. The molecule has 0 saturated heterocycles. The fourth-order valence-corrected chi connectivity index (χ4v) is 0.745. The summed E-state index contributed by atoms with van der Waals surface area (Å²) in [6.07, 6.45) is -14.1. The molecule has 0 saturated carbocycles. The van der Waals surface area contributed by atoms with E-state index in [4.69, 9.17) is 4.74 Å². The zero-order valence-corrected chi connectivity index (χ0v) is 11.2. The fourth-order valence-electron chi connectivity index (χ4n) is 0.745. The summed E-state index contributed by atoms with van der Waals surface area (Å²) in [6, 6.07) is 0. The Kier molecular flexibility index (Phi) is 10.0. The van der Waals surface area contributed by atoms with Gasteiger partial charge in [-0.2, -0.15) is 26.3 Å². The maximum atomic E-state index is 11.4. The molecular formula is C11H15F7O3. The first-order chi connectivity index (χ1) is 9.36. The Bertz CT molecular complexity index is 296. The van der Waals surface area contributed by atoms with Crippen molar-refractivity contribution in [3.63, 3.8) is 0 Å². The van der Waals surface area contributed by atoms with E-state index in [2.05, 4.69) is 11.3 Å². The van der Waals surface area contributed by atoms with Crippen LogP contribution in [0.25, 0.3) is 0 Å². The molecule has 0 heterocycles. The third kappa shape index (κ3) is 12.2. The molecule has 0 aromatic carbocycles. The summed E-state index contributed by atoms with van der Waals surface area (Å²) in [5, 5.41) is 0. The molecule has 3 nitrogen and oxygen atoms in total. The van der Waals surface area contributed by atoms with E-state index in [1.54, 1.807) is 0 Å². The minimum atomic E-state index is -5.63. The van der Waals surface area contributed by atoms with Crippen LogP contribution in [0.4, 0.5) is 30.7 Å². The highest BCUT2D eigenvalue weighted by Gasteiger charge is 2.58. The number of rotatable bonds is 5. The number of esters is 1. The Morgan fingerprint density at radius 1 is 1.14 bits per heavy atom. The predicted molar refractivity (Wildman–Crippen MR) is 59.0 cm³/mol. The van der Waals surface area contributed by atoms with Gasteiger partial charge >= 0.3 is 18.3 Å². The van der Waals surface area contributed by atoms with Crippen LogP contribution in [0.15, 0.2) is 12.7 Å². The summed E-state index contributed by atoms with van der Waals surface area (Å²) in [4.78, 5) is 10.4. The Morgan fingerprint density at radius 2 is 1.57 bits per heavy atom. The van der Waals surface area contributed by atoms with Crippen LogP contribution in [0.3, 0.4) is 0 Å². The van der Waals surface area contributed by atoms with Crippen LogP contribution in [-0.4, -0.2) is 37.9 Å². The van der Waals surface area contributed by atoms with Gasteiger partial charge in [-0.3, -0.25) is 0 Å². The monoisotopic (exact) mass is 328 g/mol. The van der Waals surface area contributed by atoms with E-state index in [9.17, 15) is 35.5 Å². The number of carbonyl (C=O) groups is 1. The zero-order chi connectivity index (χ0) is 17.3. The van der Waals surface area contributed by atoms with E-state index in [0.717, 1.165) is 0 Å². The van der Waals surface area contributed by atoms with Crippen LogP contribution in [0.2, 0.25) is 0 Å². The van der Waals surface area contributed by atoms with Crippen molar-refractivity contribution in [2.45, 2.75) is 32.3 Å². The summed E-state index contributed by atoms with van der Waals surface area (Å²) in [6.45, 7) is 5.57. The van der Waals surface area contributed by atoms with Crippen LogP contribution in [0.5, 0.6) is 0 Å². The minimum Gasteiger partial charge on any atom is -0.462 e. The van der Waals surface area contributed by atoms with Crippen molar-refractivity contribution in [2.24, 2.45) is 5.92 Å². The minimum absolute atomic E-state index is 0.344. The Labute approximate surface area is 116 Å². The molecular weight excluding hydrogens is 313 g/mol. The number of halogens is 7. The van der Waals surface area contributed by atoms with Crippen LogP contribution in [0, 0.1) is 5.92 Å². The van der Waals surface area contributed by atoms with Gasteiger partial charge in [0.1, 0.15) is 0 Å². The van der Waals surface area contributed by atoms with Gasteiger partial charge in [-0.05, 0) is 5.92 Å². The number of ether oxygens (including phenoxy) is 2. The fraction of sp³-hybridized carbons (Fsp3) is 0.727. The third-order valence-electron chi connectivity index (χ3n) is 1.55. The molecule has 0 N–H and O–H groups in total. The van der Waals surface area contributed by atoms with Crippen molar-refractivity contribution in [1.29, 1.82) is 0 Å². The van der Waals surface area contributed by atoms with Gasteiger partial charge < -0.3 is 9.47 Å². The molecule has 0 unspecified atom stereocenters. The molecule has 0 radical (unpaired) electrons. The third-order valence-corrected chi connectivity index (χ3v) is 1.55. The van der Waals surface area contributed by atoms with Crippen molar-refractivity contribution in [2.75, 3.05) is 13.5 Å². The largest absolute Gasteiger partial charge is 0.462 e. The van der Waals surface area contributed by atoms with Crippen molar-refractivity contribution in [1.82, 2.24) is 0 Å². The Morgan fingerprint density at radius 3 is 1.76 bits per heavy atom. The highest BCUT2D eigenvalue weighted by atomic mass is 19.4. The van der Waals surface area contributed by atoms with Crippen LogP contribution >= 0.6 is 0 Å². The van der Waals surface area contributed by atoms with Gasteiger partial charge in [-0.25, -0.2) is 9.18 Å². The molecule has 0 aromatic rings. The van der Waals surface area contributed by atoms with E-state index in [1.807, 2.05) is 13.8 Å². The average molecular weight is 328 g/mol. The molecule has 0 aliphatic rings. The van der Waals surface area contributed by atoms with Gasteiger partial charge in [0, 0.05) is 6.08 Å². The van der Waals surface area contributed by atoms with E-state index in [0.29, 0.717) is 12.5 Å². The molecule has 0 amide bonds. The van der Waals surface area contributed by atoms with Gasteiger partial charge in [0.05, 0.1) is 6.61 Å². The molecule has 0 spiro atoms. The molecule has 126 valence electrons. The molecule has 0 aliphatic heterocycles. The predicted octanol–water partition coefficient (Wildman–Crippen LogP) is 3.79. The highest BCUT2D eigenvalue weighted by molar-refractivity contribution is 5.81. The second kappa shape index (κ2) is 9.59. The lowest BCUT2D eigenvalue weighted by Crippen LogP contribution is -2.44. The van der Waals surface area contributed by atoms with Crippen molar-refractivity contribution in [3.8, 4) is 0 Å². The number of alkyl halides is 7. The molecule has 0 fully saturated rings. The van der Waals surface area contributed by atoms with Crippen LogP contribution in [-0.2, 0) is 14.3 Å². The van der Waals surface area contributed by atoms with Gasteiger partial charge in [0.15, 0.2) is 6.86 Å². The molecule has 21 heavy (non-hydrogen) atoms. The second-order valence-corrected chi connectivity index (χ2v) is 3.97. The summed E-state index contributed by atoms with van der Waals surface area (Å²) in [5.41, 5.74) is 0. The van der Waals surface area contributed by atoms with Gasteiger partial charge in [0.25, 0.3) is 6.10 Å². The first kappa shape index (κ1) is 22.0. The Balaban J connectivity index is 0. The zero-order valence-electron chi connectivity index (χ0n) is 11.2. The topological polar surface area (TPSA) is 35.5 Å². The van der Waals surface area contributed by atoms with Crippen LogP contribution < -0.4 is 0 Å². The summed E-state index contributed by atoms with van der Waals surface area (Å²) in [5.74, 6) is 0.0533. The lowest BCUT2D eigenvalue weighted by molar-refractivity contribution is -0.327. The molecule has 0 rings (SSSR count). The van der Waals surface area contributed by atoms with E-state index >= 15 is 0 Å². The van der Waals surface area contributed by atoms with E-state index < -0.39 is 25.3 Å². The van der Waals surface area contributed by atoms with Gasteiger partial charge in [0.2, 0.25) is 0 Å².